The van der Waals surface area contributed by atoms with Crippen LogP contribution in [0.15, 0.2) is 11.6 Å². The first kappa shape index (κ1) is 24.3. The number of rotatable bonds is 8. The first-order valence-electron chi connectivity index (χ1n) is 14.3. The van der Waals surface area contributed by atoms with E-state index < -0.39 is 0 Å². The standard InChI is InChI=1S/C30H51NO/c1-6-20-31(21-7-2)28(32)16-11-22(3)25-14-15-26-24-13-12-23-10-8-9-18-29(23,4)27(24)17-19-30(25,26)5/h12,22,24-27H,6-11,13-21H2,1-5H3. The van der Waals surface area contributed by atoms with Gasteiger partial charge in [-0.15, -0.1) is 0 Å². The van der Waals surface area contributed by atoms with Crippen molar-refractivity contribution in [3.63, 3.8) is 0 Å². The zero-order valence-corrected chi connectivity index (χ0v) is 21.9. The Balaban J connectivity index is 1.41. The lowest BCUT2D eigenvalue weighted by Gasteiger charge is -2.58. The molecule has 0 aliphatic heterocycles. The third-order valence-electron chi connectivity index (χ3n) is 10.9. The van der Waals surface area contributed by atoms with Gasteiger partial charge in [0.25, 0.3) is 0 Å². The minimum atomic E-state index is 0.402. The van der Waals surface area contributed by atoms with Gasteiger partial charge in [-0.05, 0) is 111 Å². The van der Waals surface area contributed by atoms with Crippen LogP contribution in [-0.2, 0) is 4.79 Å². The number of hydrogen-bond donors (Lipinski definition) is 0. The van der Waals surface area contributed by atoms with E-state index in [-0.39, 0.29) is 0 Å². The fourth-order valence-corrected chi connectivity index (χ4v) is 9.28. The molecule has 7 atom stereocenters. The van der Waals surface area contributed by atoms with E-state index in [0.29, 0.717) is 22.7 Å². The Morgan fingerprint density at radius 2 is 1.81 bits per heavy atom. The Kier molecular flexibility index (Phi) is 7.48. The molecule has 0 aromatic rings. The summed E-state index contributed by atoms with van der Waals surface area (Å²) in [7, 11) is 0. The monoisotopic (exact) mass is 441 g/mol. The third-order valence-corrected chi connectivity index (χ3v) is 10.9. The average molecular weight is 442 g/mol. The van der Waals surface area contributed by atoms with Crippen LogP contribution < -0.4 is 0 Å². The van der Waals surface area contributed by atoms with E-state index in [9.17, 15) is 4.79 Å². The van der Waals surface area contributed by atoms with E-state index in [0.717, 1.165) is 62.4 Å². The smallest absolute Gasteiger partial charge is 0.222 e. The van der Waals surface area contributed by atoms with Gasteiger partial charge in [-0.3, -0.25) is 4.79 Å². The SMILES string of the molecule is CCCN(CCC)C(=O)CCC(C)C1CCC2C3CC=C4CCCCC4(C)C3CCC12C. The Bertz CT molecular complexity index is 691. The van der Waals surface area contributed by atoms with E-state index in [1.165, 1.54) is 57.8 Å². The summed E-state index contributed by atoms with van der Waals surface area (Å²) in [5.41, 5.74) is 2.85. The lowest BCUT2D eigenvalue weighted by Crippen LogP contribution is -2.50. The number of carbonyl (C=O) groups is 1. The van der Waals surface area contributed by atoms with E-state index in [1.54, 1.807) is 0 Å². The second kappa shape index (κ2) is 9.83. The maximum absolute atomic E-state index is 12.9. The Hall–Kier alpha value is -0.790. The van der Waals surface area contributed by atoms with Crippen molar-refractivity contribution in [1.82, 2.24) is 4.90 Å². The van der Waals surface area contributed by atoms with Crippen molar-refractivity contribution in [2.24, 2.45) is 40.4 Å². The second-order valence-electron chi connectivity index (χ2n) is 12.6. The first-order chi connectivity index (χ1) is 15.3. The summed E-state index contributed by atoms with van der Waals surface area (Å²) in [5.74, 6) is 4.67. The fraction of sp³-hybridized carbons (Fsp3) is 0.900. The lowest BCUT2D eigenvalue weighted by molar-refractivity contribution is -0.131. The summed E-state index contributed by atoms with van der Waals surface area (Å²) in [6, 6.07) is 0. The molecule has 0 spiro atoms. The largest absolute Gasteiger partial charge is 0.343 e. The third kappa shape index (κ3) is 4.22. The van der Waals surface area contributed by atoms with Crippen LogP contribution in [0, 0.1) is 40.4 Å². The quantitative estimate of drug-likeness (QED) is 0.349. The van der Waals surface area contributed by atoms with Gasteiger partial charge in [0.05, 0.1) is 0 Å². The normalized spacial score (nSPS) is 39.5. The summed E-state index contributed by atoms with van der Waals surface area (Å²) in [6.45, 7) is 14.0. The molecule has 0 aromatic heterocycles. The van der Waals surface area contributed by atoms with Gasteiger partial charge in [0.15, 0.2) is 0 Å². The zero-order valence-electron chi connectivity index (χ0n) is 21.9. The molecule has 0 bridgehead atoms. The Labute approximate surface area is 199 Å². The van der Waals surface area contributed by atoms with Gasteiger partial charge < -0.3 is 4.90 Å². The Morgan fingerprint density at radius 1 is 1.06 bits per heavy atom. The van der Waals surface area contributed by atoms with Crippen molar-refractivity contribution >= 4 is 5.91 Å². The van der Waals surface area contributed by atoms with Gasteiger partial charge in [-0.2, -0.15) is 0 Å². The number of carbonyl (C=O) groups excluding carboxylic acids is 1. The van der Waals surface area contributed by atoms with Crippen LogP contribution in [0.5, 0.6) is 0 Å². The van der Waals surface area contributed by atoms with Crippen LogP contribution in [0.1, 0.15) is 118 Å². The Morgan fingerprint density at radius 3 is 2.53 bits per heavy atom. The predicted octanol–water partition coefficient (Wildman–Crippen LogP) is 8.02. The van der Waals surface area contributed by atoms with Gasteiger partial charge in [0, 0.05) is 19.5 Å². The summed E-state index contributed by atoms with van der Waals surface area (Å²) in [6.07, 6.45) is 19.5. The summed E-state index contributed by atoms with van der Waals surface area (Å²) in [4.78, 5) is 15.0. The van der Waals surface area contributed by atoms with Crippen molar-refractivity contribution in [3.8, 4) is 0 Å². The molecule has 0 aromatic carbocycles. The molecule has 3 fully saturated rings. The molecule has 0 radical (unpaired) electrons. The minimum Gasteiger partial charge on any atom is -0.343 e. The molecule has 0 heterocycles. The van der Waals surface area contributed by atoms with E-state index in [2.05, 4.69) is 45.6 Å². The topological polar surface area (TPSA) is 20.3 Å². The molecule has 182 valence electrons. The molecule has 2 nitrogen and oxygen atoms in total. The minimum absolute atomic E-state index is 0.402. The van der Waals surface area contributed by atoms with Crippen molar-refractivity contribution in [2.75, 3.05) is 13.1 Å². The van der Waals surface area contributed by atoms with Crippen LogP contribution in [0.3, 0.4) is 0 Å². The molecule has 2 heteroatoms. The van der Waals surface area contributed by atoms with Crippen LogP contribution in [-0.4, -0.2) is 23.9 Å². The highest BCUT2D eigenvalue weighted by Crippen LogP contribution is 2.67. The number of allylic oxidation sites excluding steroid dienone is 2. The van der Waals surface area contributed by atoms with Gasteiger partial charge in [0.2, 0.25) is 5.91 Å². The van der Waals surface area contributed by atoms with E-state index in [1.807, 2.05) is 5.57 Å². The molecule has 32 heavy (non-hydrogen) atoms. The number of nitrogens with zero attached hydrogens (tertiary/aromatic N) is 1. The predicted molar refractivity (Wildman–Crippen MR) is 135 cm³/mol. The van der Waals surface area contributed by atoms with Crippen molar-refractivity contribution in [2.45, 2.75) is 118 Å². The van der Waals surface area contributed by atoms with E-state index >= 15 is 0 Å². The molecular weight excluding hydrogens is 390 g/mol. The fourth-order valence-electron chi connectivity index (χ4n) is 9.28. The van der Waals surface area contributed by atoms with Crippen LogP contribution >= 0.6 is 0 Å². The summed E-state index contributed by atoms with van der Waals surface area (Å²) in [5, 5.41) is 0. The van der Waals surface area contributed by atoms with Crippen molar-refractivity contribution in [3.05, 3.63) is 11.6 Å². The molecule has 7 unspecified atom stereocenters. The summed E-state index contributed by atoms with van der Waals surface area (Å²) < 4.78 is 0. The van der Waals surface area contributed by atoms with Crippen LogP contribution in [0.25, 0.3) is 0 Å². The molecule has 3 saturated carbocycles. The molecule has 0 N–H and O–H groups in total. The highest BCUT2D eigenvalue weighted by atomic mass is 16.2. The maximum Gasteiger partial charge on any atom is 0.222 e. The van der Waals surface area contributed by atoms with Crippen LogP contribution in [0.2, 0.25) is 0 Å². The van der Waals surface area contributed by atoms with Gasteiger partial charge >= 0.3 is 0 Å². The lowest BCUT2D eigenvalue weighted by atomic mass is 9.47. The van der Waals surface area contributed by atoms with Crippen molar-refractivity contribution < 1.29 is 4.79 Å². The number of amides is 1. The highest BCUT2D eigenvalue weighted by molar-refractivity contribution is 5.76. The van der Waals surface area contributed by atoms with Crippen molar-refractivity contribution in [1.29, 1.82) is 0 Å². The number of hydrogen-bond acceptors (Lipinski definition) is 1. The first-order valence-corrected chi connectivity index (χ1v) is 14.3. The molecule has 4 rings (SSSR count). The average Bonchev–Trinajstić information content (AvgIpc) is 3.14. The summed E-state index contributed by atoms with van der Waals surface area (Å²) >= 11 is 0. The second-order valence-corrected chi connectivity index (χ2v) is 12.6. The van der Waals surface area contributed by atoms with Crippen LogP contribution in [0.4, 0.5) is 0 Å². The maximum atomic E-state index is 12.9. The van der Waals surface area contributed by atoms with Gasteiger partial charge in [0.1, 0.15) is 0 Å². The molecule has 4 aliphatic carbocycles. The highest BCUT2D eigenvalue weighted by Gasteiger charge is 2.58. The zero-order chi connectivity index (χ0) is 22.9. The molecule has 0 saturated heterocycles. The van der Waals surface area contributed by atoms with Gasteiger partial charge in [-0.1, -0.05) is 52.7 Å². The molecular formula is C30H51NO. The van der Waals surface area contributed by atoms with Gasteiger partial charge in [-0.25, -0.2) is 0 Å². The number of fused-ring (bicyclic) bond motifs is 5. The molecule has 1 amide bonds. The van der Waals surface area contributed by atoms with E-state index in [4.69, 9.17) is 0 Å². The molecule has 4 aliphatic rings.